The van der Waals surface area contributed by atoms with Crippen LogP contribution in [0.15, 0.2) is 23.6 Å². The number of carbonyl (C=O) groups excluding carboxylic acids is 1. The molecule has 0 aliphatic carbocycles. The fourth-order valence-electron chi connectivity index (χ4n) is 3.73. The van der Waals surface area contributed by atoms with E-state index in [4.69, 9.17) is 0 Å². The van der Waals surface area contributed by atoms with E-state index in [2.05, 4.69) is 49.6 Å². The highest BCUT2D eigenvalue weighted by Crippen LogP contribution is 2.31. The number of nitrogens with one attached hydrogen (secondary N) is 1. The van der Waals surface area contributed by atoms with Crippen LogP contribution in [-0.4, -0.2) is 42.5 Å². The number of likely N-dealkylation sites (tertiary alicyclic amines) is 1. The Bertz CT molecular complexity index is 883. The molecule has 7 nitrogen and oxygen atoms in total. The third-order valence-corrected chi connectivity index (χ3v) is 5.98. The number of tetrazole rings is 1. The number of aryl methyl sites for hydroxylation is 1. The van der Waals surface area contributed by atoms with Gasteiger partial charge in [-0.25, -0.2) is 0 Å². The minimum atomic E-state index is -0.102. The summed E-state index contributed by atoms with van der Waals surface area (Å²) in [5.74, 6) is 0.662. The standard InChI is InChI=1S/C18H22N6OS/c1-12-10-15(13(2)24(12)11-14-6-5-9-26-14)18(25)23-8-4-3-7-16(23)17-19-21-22-20-17/h5-6,9-10,16H,3-4,7-8,11H2,1-2H3,(H,19,20,21,22). The van der Waals surface area contributed by atoms with Gasteiger partial charge in [-0.05, 0) is 50.6 Å². The molecule has 1 atom stereocenters. The van der Waals surface area contributed by atoms with Gasteiger partial charge in [0.05, 0.1) is 18.2 Å². The van der Waals surface area contributed by atoms with E-state index in [1.54, 1.807) is 11.3 Å². The van der Waals surface area contributed by atoms with Crippen molar-refractivity contribution in [3.05, 3.63) is 51.2 Å². The second kappa shape index (κ2) is 7.03. The van der Waals surface area contributed by atoms with Gasteiger partial charge in [-0.15, -0.1) is 21.5 Å². The summed E-state index contributed by atoms with van der Waals surface area (Å²) in [6.07, 6.45) is 2.95. The normalized spacial score (nSPS) is 17.6. The first-order chi connectivity index (χ1) is 12.6. The summed E-state index contributed by atoms with van der Waals surface area (Å²) in [5.41, 5.74) is 2.89. The van der Waals surface area contributed by atoms with E-state index >= 15 is 0 Å². The monoisotopic (exact) mass is 370 g/mol. The Kier molecular flexibility index (Phi) is 4.58. The van der Waals surface area contributed by atoms with Gasteiger partial charge in [0.1, 0.15) is 0 Å². The largest absolute Gasteiger partial charge is 0.343 e. The highest BCUT2D eigenvalue weighted by Gasteiger charge is 2.32. The van der Waals surface area contributed by atoms with Gasteiger partial charge in [0.25, 0.3) is 5.91 Å². The number of rotatable bonds is 4. The van der Waals surface area contributed by atoms with Crippen molar-refractivity contribution in [1.82, 2.24) is 30.1 Å². The number of thiophene rings is 1. The number of piperidine rings is 1. The van der Waals surface area contributed by atoms with E-state index in [0.717, 1.165) is 49.3 Å². The Morgan fingerprint density at radius 3 is 3.00 bits per heavy atom. The van der Waals surface area contributed by atoms with E-state index in [0.29, 0.717) is 5.82 Å². The van der Waals surface area contributed by atoms with Crippen molar-refractivity contribution < 1.29 is 4.79 Å². The van der Waals surface area contributed by atoms with Crippen LogP contribution >= 0.6 is 11.3 Å². The van der Waals surface area contributed by atoms with Crippen LogP contribution in [0.1, 0.15) is 57.8 Å². The zero-order valence-corrected chi connectivity index (χ0v) is 15.8. The molecule has 0 saturated carbocycles. The molecule has 4 rings (SSSR count). The highest BCUT2D eigenvalue weighted by atomic mass is 32.1. The number of hydrogen-bond acceptors (Lipinski definition) is 5. The molecule has 1 saturated heterocycles. The fraction of sp³-hybridized carbons (Fsp3) is 0.444. The Labute approximate surface area is 156 Å². The second-order valence-electron chi connectivity index (χ2n) is 6.73. The maximum atomic E-state index is 13.3. The van der Waals surface area contributed by atoms with Crippen LogP contribution in [0.3, 0.4) is 0 Å². The van der Waals surface area contributed by atoms with Gasteiger partial charge in [0.15, 0.2) is 5.82 Å². The lowest BCUT2D eigenvalue weighted by Crippen LogP contribution is -2.39. The summed E-state index contributed by atoms with van der Waals surface area (Å²) >= 11 is 1.74. The van der Waals surface area contributed by atoms with Gasteiger partial charge in [0.2, 0.25) is 0 Å². The van der Waals surface area contributed by atoms with Gasteiger partial charge in [-0.3, -0.25) is 4.79 Å². The summed E-state index contributed by atoms with van der Waals surface area (Å²) in [5, 5.41) is 16.5. The van der Waals surface area contributed by atoms with Crippen molar-refractivity contribution in [2.45, 2.75) is 45.7 Å². The summed E-state index contributed by atoms with van der Waals surface area (Å²) in [7, 11) is 0. The van der Waals surface area contributed by atoms with Crippen LogP contribution in [0, 0.1) is 13.8 Å². The minimum Gasteiger partial charge on any atom is -0.343 e. The molecular weight excluding hydrogens is 348 g/mol. The van der Waals surface area contributed by atoms with Crippen LogP contribution in [0.4, 0.5) is 0 Å². The van der Waals surface area contributed by atoms with E-state index in [-0.39, 0.29) is 11.9 Å². The molecule has 26 heavy (non-hydrogen) atoms. The molecule has 1 N–H and O–H groups in total. The highest BCUT2D eigenvalue weighted by molar-refractivity contribution is 7.09. The number of aromatic nitrogens is 5. The van der Waals surface area contributed by atoms with E-state index < -0.39 is 0 Å². The topological polar surface area (TPSA) is 79.7 Å². The summed E-state index contributed by atoms with van der Waals surface area (Å²) in [4.78, 5) is 16.5. The van der Waals surface area contributed by atoms with Gasteiger partial charge < -0.3 is 9.47 Å². The predicted molar refractivity (Wildman–Crippen MR) is 99.1 cm³/mol. The van der Waals surface area contributed by atoms with Gasteiger partial charge >= 0.3 is 0 Å². The third-order valence-electron chi connectivity index (χ3n) is 5.12. The zero-order chi connectivity index (χ0) is 18.1. The number of H-pyrrole nitrogens is 1. The van der Waals surface area contributed by atoms with Crippen LogP contribution in [0.5, 0.6) is 0 Å². The number of nitrogens with zero attached hydrogens (tertiary/aromatic N) is 5. The van der Waals surface area contributed by atoms with Crippen LogP contribution in [0.2, 0.25) is 0 Å². The minimum absolute atomic E-state index is 0.0602. The first-order valence-electron chi connectivity index (χ1n) is 8.88. The average Bonchev–Trinajstić information content (AvgIpc) is 3.40. The van der Waals surface area contributed by atoms with Crippen LogP contribution < -0.4 is 0 Å². The van der Waals surface area contributed by atoms with Crippen molar-refractivity contribution in [2.75, 3.05) is 6.54 Å². The van der Waals surface area contributed by atoms with Crippen LogP contribution in [0.25, 0.3) is 0 Å². The Balaban J connectivity index is 1.63. The summed E-state index contributed by atoms with van der Waals surface area (Å²) in [6.45, 7) is 5.62. The Hall–Kier alpha value is -2.48. The number of hydrogen-bond donors (Lipinski definition) is 1. The SMILES string of the molecule is Cc1cc(C(=O)N2CCCCC2c2nn[nH]n2)c(C)n1Cc1cccs1. The van der Waals surface area contributed by atoms with Gasteiger partial charge in [0, 0.05) is 22.8 Å². The molecule has 0 bridgehead atoms. The van der Waals surface area contributed by atoms with Crippen molar-refractivity contribution >= 4 is 17.2 Å². The van der Waals surface area contributed by atoms with E-state index in [9.17, 15) is 4.79 Å². The molecule has 3 aromatic heterocycles. The molecule has 1 fully saturated rings. The molecule has 4 heterocycles. The smallest absolute Gasteiger partial charge is 0.256 e. The first kappa shape index (κ1) is 17.0. The van der Waals surface area contributed by atoms with E-state index in [1.807, 2.05) is 17.9 Å². The Morgan fingerprint density at radius 2 is 2.27 bits per heavy atom. The molecule has 136 valence electrons. The molecule has 3 aromatic rings. The fourth-order valence-corrected chi connectivity index (χ4v) is 4.42. The third kappa shape index (κ3) is 3.05. The van der Waals surface area contributed by atoms with Crippen molar-refractivity contribution in [3.63, 3.8) is 0 Å². The molecule has 0 radical (unpaired) electrons. The number of carbonyl (C=O) groups is 1. The molecular formula is C18H22N6OS. The van der Waals surface area contributed by atoms with Crippen LogP contribution in [-0.2, 0) is 6.54 Å². The zero-order valence-electron chi connectivity index (χ0n) is 15.0. The van der Waals surface area contributed by atoms with Crippen molar-refractivity contribution in [1.29, 1.82) is 0 Å². The molecule has 0 spiro atoms. The lowest BCUT2D eigenvalue weighted by molar-refractivity contribution is 0.0599. The maximum Gasteiger partial charge on any atom is 0.256 e. The lowest BCUT2D eigenvalue weighted by Gasteiger charge is -2.33. The quantitative estimate of drug-likeness (QED) is 0.765. The van der Waals surface area contributed by atoms with Crippen molar-refractivity contribution in [2.24, 2.45) is 0 Å². The van der Waals surface area contributed by atoms with Gasteiger partial charge in [-0.2, -0.15) is 5.21 Å². The van der Waals surface area contributed by atoms with Crippen molar-refractivity contribution in [3.8, 4) is 0 Å². The molecule has 8 heteroatoms. The average molecular weight is 370 g/mol. The van der Waals surface area contributed by atoms with E-state index in [1.165, 1.54) is 4.88 Å². The summed E-state index contributed by atoms with van der Waals surface area (Å²) < 4.78 is 2.21. The second-order valence-corrected chi connectivity index (χ2v) is 7.76. The first-order valence-corrected chi connectivity index (χ1v) is 9.76. The lowest BCUT2D eigenvalue weighted by atomic mass is 10.0. The Morgan fingerprint density at radius 1 is 1.38 bits per heavy atom. The number of aromatic amines is 1. The molecule has 1 amide bonds. The number of amides is 1. The van der Waals surface area contributed by atoms with Gasteiger partial charge in [-0.1, -0.05) is 11.3 Å². The summed E-state index contributed by atoms with van der Waals surface area (Å²) in [6, 6.07) is 6.09. The predicted octanol–water partition coefficient (Wildman–Crippen LogP) is 3.10. The molecule has 1 aliphatic heterocycles. The molecule has 1 unspecified atom stereocenters. The molecule has 0 aromatic carbocycles. The maximum absolute atomic E-state index is 13.3. The molecule has 1 aliphatic rings.